The highest BCUT2D eigenvalue weighted by Crippen LogP contribution is 2.22. The van der Waals surface area contributed by atoms with Crippen molar-refractivity contribution in [2.75, 3.05) is 31.1 Å². The van der Waals surface area contributed by atoms with Gasteiger partial charge < -0.3 is 15.0 Å². The van der Waals surface area contributed by atoms with Crippen molar-refractivity contribution in [1.29, 1.82) is 0 Å². The third-order valence-electron chi connectivity index (χ3n) is 3.42. The summed E-state index contributed by atoms with van der Waals surface area (Å²) in [5, 5.41) is 4.55. The fourth-order valence-electron chi connectivity index (χ4n) is 2.27. The molecule has 0 spiro atoms. The van der Waals surface area contributed by atoms with Crippen molar-refractivity contribution in [3.05, 3.63) is 46.1 Å². The van der Waals surface area contributed by atoms with Crippen LogP contribution in [0.1, 0.15) is 5.56 Å². The maximum absolute atomic E-state index is 6.12. The molecule has 0 amide bonds. The minimum atomic E-state index is 0. The number of hydrogen-bond acceptors (Lipinski definition) is 5. The summed E-state index contributed by atoms with van der Waals surface area (Å²) in [6.07, 6.45) is 1.71. The van der Waals surface area contributed by atoms with Crippen LogP contribution in [0.5, 0.6) is 6.01 Å². The van der Waals surface area contributed by atoms with Crippen LogP contribution >= 0.6 is 35.6 Å². The van der Waals surface area contributed by atoms with E-state index in [9.17, 15) is 0 Å². The lowest BCUT2D eigenvalue weighted by Crippen LogP contribution is -2.43. The minimum absolute atomic E-state index is 0. The fraction of sp³-hybridized carbons (Fsp3) is 0.333. The number of ether oxygens (including phenoxy) is 1. The van der Waals surface area contributed by atoms with E-state index in [0.717, 1.165) is 37.6 Å². The molecule has 5 nitrogen and oxygen atoms in total. The zero-order valence-corrected chi connectivity index (χ0v) is 14.7. The largest absolute Gasteiger partial charge is 0.458 e. The second-order valence-electron chi connectivity index (χ2n) is 4.96. The summed E-state index contributed by atoms with van der Waals surface area (Å²) in [6.45, 7) is 4.05. The van der Waals surface area contributed by atoms with E-state index in [1.54, 1.807) is 24.4 Å². The molecule has 0 bridgehead atoms. The molecule has 2 heterocycles. The van der Waals surface area contributed by atoms with E-state index in [-0.39, 0.29) is 19.0 Å². The molecule has 124 valence electrons. The average molecular weight is 376 g/mol. The Morgan fingerprint density at radius 1 is 1.17 bits per heavy atom. The molecule has 1 aliphatic rings. The first-order chi connectivity index (χ1) is 10.7. The first-order valence-electron chi connectivity index (χ1n) is 7.08. The number of halogens is 3. The van der Waals surface area contributed by atoms with Crippen molar-refractivity contribution < 1.29 is 4.74 Å². The smallest absolute Gasteiger partial charge is 0.318 e. The first kappa shape index (κ1) is 18.1. The number of hydrogen-bond donors (Lipinski definition) is 1. The lowest BCUT2D eigenvalue weighted by atomic mass is 10.2. The van der Waals surface area contributed by atoms with E-state index < -0.39 is 0 Å². The Morgan fingerprint density at radius 2 is 1.96 bits per heavy atom. The summed E-state index contributed by atoms with van der Waals surface area (Å²) in [7, 11) is 0. The summed E-state index contributed by atoms with van der Waals surface area (Å²) in [4.78, 5) is 10.8. The van der Waals surface area contributed by atoms with Crippen LogP contribution in [0, 0.1) is 0 Å². The van der Waals surface area contributed by atoms with Gasteiger partial charge in [0.25, 0.3) is 0 Å². The number of nitrogens with zero attached hydrogens (tertiary/aromatic N) is 3. The van der Waals surface area contributed by atoms with Crippen molar-refractivity contribution in [2.45, 2.75) is 6.61 Å². The third kappa shape index (κ3) is 4.85. The van der Waals surface area contributed by atoms with Crippen molar-refractivity contribution in [3.8, 4) is 6.01 Å². The normalized spacial score (nSPS) is 14.3. The molecular formula is C15H17Cl3N4O. The van der Waals surface area contributed by atoms with Gasteiger partial charge in [-0.2, -0.15) is 4.98 Å². The van der Waals surface area contributed by atoms with Gasteiger partial charge in [0.15, 0.2) is 0 Å². The van der Waals surface area contributed by atoms with Gasteiger partial charge in [-0.15, -0.1) is 12.4 Å². The van der Waals surface area contributed by atoms with Crippen molar-refractivity contribution >= 4 is 41.4 Å². The molecular weight excluding hydrogens is 359 g/mol. The predicted octanol–water partition coefficient (Wildman–Crippen LogP) is 3.19. The van der Waals surface area contributed by atoms with Gasteiger partial charge in [0, 0.05) is 48.0 Å². The van der Waals surface area contributed by atoms with Crippen molar-refractivity contribution in [3.63, 3.8) is 0 Å². The molecule has 23 heavy (non-hydrogen) atoms. The van der Waals surface area contributed by atoms with Crippen LogP contribution in [0.3, 0.4) is 0 Å². The van der Waals surface area contributed by atoms with Crippen LogP contribution in [0.25, 0.3) is 0 Å². The summed E-state index contributed by atoms with van der Waals surface area (Å²) in [5.41, 5.74) is 0.811. The van der Waals surface area contributed by atoms with Crippen molar-refractivity contribution in [2.24, 2.45) is 0 Å². The molecule has 1 aliphatic heterocycles. The highest BCUT2D eigenvalue weighted by atomic mass is 35.5. The molecule has 0 radical (unpaired) electrons. The van der Waals surface area contributed by atoms with E-state index in [0.29, 0.717) is 16.1 Å². The summed E-state index contributed by atoms with van der Waals surface area (Å²) in [6, 6.07) is 7.51. The lowest BCUT2D eigenvalue weighted by Gasteiger charge is -2.28. The number of benzene rings is 1. The SMILES string of the molecule is Cl.Clc1ccc(Cl)c(COc2nccc(N3CCNCC3)n2)c1. The van der Waals surface area contributed by atoms with E-state index in [2.05, 4.69) is 20.2 Å². The molecule has 0 aliphatic carbocycles. The maximum atomic E-state index is 6.12. The summed E-state index contributed by atoms with van der Waals surface area (Å²) >= 11 is 12.1. The monoisotopic (exact) mass is 374 g/mol. The van der Waals surface area contributed by atoms with Gasteiger partial charge in [0.05, 0.1) is 0 Å². The Hall–Kier alpha value is -1.27. The van der Waals surface area contributed by atoms with Crippen LogP contribution in [0.4, 0.5) is 5.82 Å². The number of rotatable bonds is 4. The molecule has 3 rings (SSSR count). The molecule has 8 heteroatoms. The van der Waals surface area contributed by atoms with Gasteiger partial charge in [-0.3, -0.25) is 0 Å². The highest BCUT2D eigenvalue weighted by Gasteiger charge is 2.13. The topological polar surface area (TPSA) is 50.3 Å². The minimum Gasteiger partial charge on any atom is -0.458 e. The fourth-order valence-corrected chi connectivity index (χ4v) is 2.63. The molecule has 1 N–H and O–H groups in total. The van der Waals surface area contributed by atoms with Gasteiger partial charge in [-0.1, -0.05) is 23.2 Å². The van der Waals surface area contributed by atoms with E-state index in [1.807, 2.05) is 6.07 Å². The van der Waals surface area contributed by atoms with Crippen LogP contribution in [-0.4, -0.2) is 36.1 Å². The van der Waals surface area contributed by atoms with Gasteiger partial charge in [-0.05, 0) is 24.3 Å². The number of piperazine rings is 1. The third-order valence-corrected chi connectivity index (χ3v) is 4.03. The Balaban J connectivity index is 0.00000192. The Kier molecular flexibility index (Phi) is 6.72. The van der Waals surface area contributed by atoms with E-state index in [1.165, 1.54) is 0 Å². The Labute approximate surface area is 151 Å². The molecule has 0 saturated carbocycles. The van der Waals surface area contributed by atoms with E-state index in [4.69, 9.17) is 27.9 Å². The molecule has 1 fully saturated rings. The van der Waals surface area contributed by atoms with Gasteiger partial charge >= 0.3 is 6.01 Å². The number of anilines is 1. The van der Waals surface area contributed by atoms with Crippen LogP contribution < -0.4 is 15.0 Å². The Bertz CT molecular complexity index is 650. The summed E-state index contributed by atoms with van der Waals surface area (Å²) in [5.74, 6) is 0.878. The average Bonchev–Trinajstić information content (AvgIpc) is 2.57. The first-order valence-corrected chi connectivity index (χ1v) is 7.83. The van der Waals surface area contributed by atoms with Gasteiger partial charge in [0.2, 0.25) is 0 Å². The predicted molar refractivity (Wildman–Crippen MR) is 95.2 cm³/mol. The second-order valence-corrected chi connectivity index (χ2v) is 5.80. The van der Waals surface area contributed by atoms with Crippen molar-refractivity contribution in [1.82, 2.24) is 15.3 Å². The zero-order valence-electron chi connectivity index (χ0n) is 12.3. The number of nitrogens with one attached hydrogen (secondary N) is 1. The molecule has 2 aromatic rings. The molecule has 0 unspecified atom stereocenters. The molecule has 0 atom stereocenters. The molecule has 1 aromatic heterocycles. The van der Waals surface area contributed by atoms with Gasteiger partial charge in [-0.25, -0.2) is 4.98 Å². The highest BCUT2D eigenvalue weighted by molar-refractivity contribution is 6.33. The van der Waals surface area contributed by atoms with Gasteiger partial charge in [0.1, 0.15) is 12.4 Å². The van der Waals surface area contributed by atoms with Crippen LogP contribution in [0.2, 0.25) is 10.0 Å². The quantitative estimate of drug-likeness (QED) is 0.889. The Morgan fingerprint density at radius 3 is 2.74 bits per heavy atom. The maximum Gasteiger partial charge on any atom is 0.318 e. The lowest BCUT2D eigenvalue weighted by molar-refractivity contribution is 0.281. The summed E-state index contributed by atoms with van der Waals surface area (Å²) < 4.78 is 5.65. The standard InChI is InChI=1S/C15H16Cl2N4O.ClH/c16-12-1-2-13(17)11(9-12)10-22-15-19-4-3-14(20-15)21-7-5-18-6-8-21;/h1-4,9,18H,5-8,10H2;1H. The van der Waals surface area contributed by atoms with Crippen LogP contribution in [0.15, 0.2) is 30.5 Å². The van der Waals surface area contributed by atoms with E-state index >= 15 is 0 Å². The number of aromatic nitrogens is 2. The zero-order chi connectivity index (χ0) is 15.4. The second kappa shape index (κ2) is 8.55. The van der Waals surface area contributed by atoms with Crippen LogP contribution in [-0.2, 0) is 6.61 Å². The molecule has 1 aromatic carbocycles. The molecule has 1 saturated heterocycles.